The Balaban J connectivity index is 1.83. The second-order valence-electron chi connectivity index (χ2n) is 7.11. The van der Waals surface area contributed by atoms with E-state index in [0.717, 1.165) is 23.3 Å². The van der Waals surface area contributed by atoms with Crippen LogP contribution in [-0.4, -0.2) is 36.3 Å². The average molecular weight is 418 g/mol. The van der Waals surface area contributed by atoms with Gasteiger partial charge in [-0.05, 0) is 49.3 Å². The summed E-state index contributed by atoms with van der Waals surface area (Å²) < 4.78 is 11.0. The molecule has 158 valence electrons. The Bertz CT molecular complexity index is 1130. The van der Waals surface area contributed by atoms with Gasteiger partial charge in [0.25, 0.3) is 11.8 Å². The number of amides is 2. The van der Waals surface area contributed by atoms with Gasteiger partial charge in [-0.2, -0.15) is 5.26 Å². The van der Waals surface area contributed by atoms with Crippen molar-refractivity contribution in [2.24, 2.45) is 0 Å². The smallest absolute Gasteiger partial charge is 0.338 e. The minimum atomic E-state index is -0.615. The Labute approximate surface area is 180 Å². The molecule has 3 rings (SSSR count). The predicted molar refractivity (Wildman–Crippen MR) is 113 cm³/mol. The topological polar surface area (TPSA) is 101 Å². The van der Waals surface area contributed by atoms with Crippen molar-refractivity contribution in [3.05, 3.63) is 64.4 Å². The number of hydrogen-bond acceptors (Lipinski definition) is 6. The Morgan fingerprint density at radius 1 is 1.16 bits per heavy atom. The van der Waals surface area contributed by atoms with Crippen LogP contribution in [0.1, 0.15) is 42.8 Å². The molecule has 0 fully saturated rings. The van der Waals surface area contributed by atoms with Gasteiger partial charge in [0.1, 0.15) is 23.2 Å². The van der Waals surface area contributed by atoms with Gasteiger partial charge in [0.2, 0.25) is 0 Å². The zero-order chi connectivity index (χ0) is 22.5. The number of hydrogen-bond donors (Lipinski definition) is 0. The second kappa shape index (κ2) is 9.26. The van der Waals surface area contributed by atoms with Crippen molar-refractivity contribution in [2.75, 3.05) is 13.7 Å². The number of unbranched alkanes of at least 4 members (excludes halogenated alkanes) is 1. The molecule has 0 bridgehead atoms. The predicted octanol–water partition coefficient (Wildman–Crippen LogP) is 4.13. The van der Waals surface area contributed by atoms with Crippen LogP contribution in [0.4, 0.5) is 0 Å². The maximum Gasteiger partial charge on any atom is 0.338 e. The van der Waals surface area contributed by atoms with E-state index in [-0.39, 0.29) is 17.1 Å². The van der Waals surface area contributed by atoms with E-state index in [2.05, 4.69) is 0 Å². The molecule has 7 heteroatoms. The third kappa shape index (κ3) is 4.48. The molecule has 0 saturated heterocycles. The quantitative estimate of drug-likeness (QED) is 0.303. The second-order valence-corrected chi connectivity index (χ2v) is 7.11. The molecule has 2 amide bonds. The maximum absolute atomic E-state index is 12.5. The maximum atomic E-state index is 12.5. The number of carbonyl (C=O) groups excluding carboxylic acids is 3. The van der Waals surface area contributed by atoms with Crippen LogP contribution in [0.25, 0.3) is 17.4 Å². The fourth-order valence-corrected chi connectivity index (χ4v) is 3.09. The molecule has 1 aromatic heterocycles. The monoisotopic (exact) mass is 418 g/mol. The van der Waals surface area contributed by atoms with Gasteiger partial charge in [0.15, 0.2) is 0 Å². The molecular formula is C24H22N2O5. The van der Waals surface area contributed by atoms with Crippen LogP contribution in [0, 0.1) is 11.3 Å². The Kier molecular flexibility index (Phi) is 6.51. The highest BCUT2D eigenvalue weighted by molar-refractivity contribution is 6.19. The molecule has 2 heterocycles. The Morgan fingerprint density at radius 2 is 1.87 bits per heavy atom. The summed E-state index contributed by atoms with van der Waals surface area (Å²) in [6.07, 6.45) is 3.29. The molecular weight excluding hydrogens is 396 g/mol. The number of nitrogens with zero attached hydrogens (tertiary/aromatic N) is 2. The first-order valence-electron chi connectivity index (χ1n) is 9.90. The fourth-order valence-electron chi connectivity index (χ4n) is 3.09. The summed E-state index contributed by atoms with van der Waals surface area (Å²) in [5.41, 5.74) is 1.69. The molecule has 1 aromatic carbocycles. The van der Waals surface area contributed by atoms with E-state index in [1.165, 1.54) is 13.1 Å². The Morgan fingerprint density at radius 3 is 2.52 bits per heavy atom. The molecule has 0 spiro atoms. The van der Waals surface area contributed by atoms with Crippen molar-refractivity contribution in [3.63, 3.8) is 0 Å². The molecule has 1 aliphatic rings. The van der Waals surface area contributed by atoms with E-state index >= 15 is 0 Å². The lowest BCUT2D eigenvalue weighted by molar-refractivity contribution is -0.138. The lowest BCUT2D eigenvalue weighted by Gasteiger charge is -2.23. The number of rotatable bonds is 6. The third-order valence-corrected chi connectivity index (χ3v) is 4.99. The lowest BCUT2D eigenvalue weighted by atomic mass is 9.95. The van der Waals surface area contributed by atoms with Crippen LogP contribution in [0.15, 0.2) is 57.5 Å². The van der Waals surface area contributed by atoms with Gasteiger partial charge in [0, 0.05) is 18.2 Å². The summed E-state index contributed by atoms with van der Waals surface area (Å²) in [4.78, 5) is 37.5. The number of esters is 1. The zero-order valence-electron chi connectivity index (χ0n) is 17.6. The van der Waals surface area contributed by atoms with Crippen LogP contribution >= 0.6 is 0 Å². The highest BCUT2D eigenvalue weighted by Gasteiger charge is 2.33. The first kappa shape index (κ1) is 21.8. The molecule has 0 unspecified atom stereocenters. The van der Waals surface area contributed by atoms with Crippen molar-refractivity contribution in [1.82, 2.24) is 4.90 Å². The summed E-state index contributed by atoms with van der Waals surface area (Å²) in [5.74, 6) is -0.524. The van der Waals surface area contributed by atoms with Gasteiger partial charge >= 0.3 is 5.97 Å². The zero-order valence-corrected chi connectivity index (χ0v) is 17.6. The van der Waals surface area contributed by atoms with E-state index in [9.17, 15) is 19.6 Å². The van der Waals surface area contributed by atoms with E-state index in [0.29, 0.717) is 29.3 Å². The van der Waals surface area contributed by atoms with E-state index in [1.807, 2.05) is 13.0 Å². The minimum absolute atomic E-state index is 0.0680. The van der Waals surface area contributed by atoms with Gasteiger partial charge in [-0.25, -0.2) is 4.79 Å². The number of furan rings is 1. The molecule has 0 aliphatic carbocycles. The largest absolute Gasteiger partial charge is 0.462 e. The number of benzene rings is 1. The summed E-state index contributed by atoms with van der Waals surface area (Å²) in [5, 5.41) is 9.24. The van der Waals surface area contributed by atoms with Gasteiger partial charge in [0.05, 0.1) is 12.2 Å². The Hall–Kier alpha value is -3.92. The first-order valence-corrected chi connectivity index (χ1v) is 9.90. The van der Waals surface area contributed by atoms with Crippen molar-refractivity contribution < 1.29 is 23.5 Å². The van der Waals surface area contributed by atoms with Crippen LogP contribution in [-0.2, 0) is 14.3 Å². The SMILES string of the molecule is CCCCOC(=O)c1ccc(-c2ccc(/C=C3/C(=O)N(C)C(=O)C(C#N)=C3C)o2)cc1. The normalized spacial score (nSPS) is 15.4. The first-order chi connectivity index (χ1) is 14.9. The summed E-state index contributed by atoms with van der Waals surface area (Å²) in [6, 6.07) is 12.1. The van der Waals surface area contributed by atoms with Crippen molar-refractivity contribution >= 4 is 23.9 Å². The van der Waals surface area contributed by atoms with Crippen molar-refractivity contribution in [3.8, 4) is 17.4 Å². The standard InChI is InChI=1S/C24H22N2O5/c1-4-5-12-30-24(29)17-8-6-16(7-9-17)21-11-10-18(31-21)13-19-15(2)20(14-25)23(28)26(3)22(19)27/h6-11,13H,4-5,12H2,1-3H3/b19-13+. The van der Waals surface area contributed by atoms with E-state index in [4.69, 9.17) is 9.15 Å². The number of imide groups is 1. The summed E-state index contributed by atoms with van der Waals surface area (Å²) in [7, 11) is 1.34. The number of nitriles is 1. The molecule has 31 heavy (non-hydrogen) atoms. The molecule has 0 N–H and O–H groups in total. The van der Waals surface area contributed by atoms with Gasteiger partial charge in [-0.15, -0.1) is 0 Å². The van der Waals surface area contributed by atoms with Gasteiger partial charge in [-0.3, -0.25) is 14.5 Å². The highest BCUT2D eigenvalue weighted by Crippen LogP contribution is 2.28. The third-order valence-electron chi connectivity index (χ3n) is 4.99. The van der Waals surface area contributed by atoms with Crippen molar-refractivity contribution in [1.29, 1.82) is 5.26 Å². The fraction of sp³-hybridized carbons (Fsp3) is 0.250. The number of carbonyl (C=O) groups is 3. The molecule has 0 atom stereocenters. The number of likely N-dealkylation sites (N-methyl/N-ethyl adjacent to an activating group) is 1. The molecule has 0 saturated carbocycles. The molecule has 1 aliphatic heterocycles. The number of ether oxygens (including phenoxy) is 1. The lowest BCUT2D eigenvalue weighted by Crippen LogP contribution is -2.39. The van der Waals surface area contributed by atoms with Crippen LogP contribution < -0.4 is 0 Å². The molecule has 2 aromatic rings. The van der Waals surface area contributed by atoms with Crippen LogP contribution in [0.5, 0.6) is 0 Å². The minimum Gasteiger partial charge on any atom is -0.462 e. The van der Waals surface area contributed by atoms with Crippen LogP contribution in [0.3, 0.4) is 0 Å². The average Bonchev–Trinajstić information content (AvgIpc) is 3.24. The van der Waals surface area contributed by atoms with Gasteiger partial charge < -0.3 is 9.15 Å². The summed E-state index contributed by atoms with van der Waals surface area (Å²) in [6.45, 7) is 3.99. The highest BCUT2D eigenvalue weighted by atomic mass is 16.5. The van der Waals surface area contributed by atoms with Crippen LogP contribution in [0.2, 0.25) is 0 Å². The molecule has 7 nitrogen and oxygen atoms in total. The molecule has 0 radical (unpaired) electrons. The van der Waals surface area contributed by atoms with E-state index < -0.39 is 11.8 Å². The van der Waals surface area contributed by atoms with Crippen molar-refractivity contribution in [2.45, 2.75) is 26.7 Å². The van der Waals surface area contributed by atoms with E-state index in [1.54, 1.807) is 43.3 Å². The van der Waals surface area contributed by atoms with Gasteiger partial charge in [-0.1, -0.05) is 25.5 Å². The summed E-state index contributed by atoms with van der Waals surface area (Å²) >= 11 is 0.